The Balaban J connectivity index is 2.02. The van der Waals surface area contributed by atoms with Crippen LogP contribution in [-0.2, 0) is 11.3 Å². The lowest BCUT2D eigenvalue weighted by Crippen LogP contribution is -2.10. The lowest BCUT2D eigenvalue weighted by molar-refractivity contribution is -0.137. The van der Waals surface area contributed by atoms with E-state index >= 15 is 0 Å². The van der Waals surface area contributed by atoms with Crippen molar-refractivity contribution >= 4 is 28.9 Å². The molecule has 0 atom stereocenters. The first-order valence-corrected chi connectivity index (χ1v) is 5.47. The standard InChI is InChI=1S/C9H8N4O3S/c14-8(15)4-13-3-6(1-11-13)12-9(16)7-2-10-5-17-7/h1-3,5H,4H2,(H,12,16)(H,14,15). The highest BCUT2D eigenvalue weighted by Crippen LogP contribution is 2.10. The number of amides is 1. The second kappa shape index (κ2) is 4.74. The number of hydrogen-bond acceptors (Lipinski definition) is 5. The third-order valence-corrected chi connectivity index (χ3v) is 2.62. The maximum absolute atomic E-state index is 11.6. The molecule has 2 aromatic heterocycles. The van der Waals surface area contributed by atoms with Gasteiger partial charge in [-0.05, 0) is 0 Å². The zero-order valence-electron chi connectivity index (χ0n) is 8.53. The van der Waals surface area contributed by atoms with E-state index in [0.29, 0.717) is 10.6 Å². The molecule has 0 fully saturated rings. The maximum Gasteiger partial charge on any atom is 0.325 e. The van der Waals surface area contributed by atoms with Gasteiger partial charge in [0.2, 0.25) is 0 Å². The van der Waals surface area contributed by atoms with E-state index in [-0.39, 0.29) is 12.5 Å². The zero-order valence-corrected chi connectivity index (χ0v) is 9.35. The van der Waals surface area contributed by atoms with E-state index in [0.717, 1.165) is 0 Å². The highest BCUT2D eigenvalue weighted by Gasteiger charge is 2.09. The number of anilines is 1. The van der Waals surface area contributed by atoms with Crippen molar-refractivity contribution < 1.29 is 14.7 Å². The summed E-state index contributed by atoms with van der Waals surface area (Å²) in [5.41, 5.74) is 2.01. The summed E-state index contributed by atoms with van der Waals surface area (Å²) >= 11 is 1.22. The molecular formula is C9H8N4O3S. The third kappa shape index (κ3) is 2.88. The number of carbonyl (C=O) groups is 2. The molecule has 0 bridgehead atoms. The van der Waals surface area contributed by atoms with Gasteiger partial charge in [-0.3, -0.25) is 19.3 Å². The molecule has 2 rings (SSSR count). The van der Waals surface area contributed by atoms with Crippen molar-refractivity contribution in [3.8, 4) is 0 Å². The van der Waals surface area contributed by atoms with E-state index < -0.39 is 5.97 Å². The molecule has 2 aromatic rings. The largest absolute Gasteiger partial charge is 0.480 e. The van der Waals surface area contributed by atoms with Crippen LogP contribution in [0.2, 0.25) is 0 Å². The van der Waals surface area contributed by atoms with E-state index in [1.807, 2.05) is 0 Å². The van der Waals surface area contributed by atoms with Gasteiger partial charge in [-0.1, -0.05) is 0 Å². The fourth-order valence-electron chi connectivity index (χ4n) is 1.17. The molecule has 2 heterocycles. The molecule has 2 N–H and O–H groups in total. The summed E-state index contributed by atoms with van der Waals surface area (Å²) in [6.07, 6.45) is 4.30. The fourth-order valence-corrected chi connectivity index (χ4v) is 1.69. The van der Waals surface area contributed by atoms with Crippen LogP contribution in [0.1, 0.15) is 9.67 Å². The van der Waals surface area contributed by atoms with Crippen molar-refractivity contribution in [2.75, 3.05) is 5.32 Å². The molecule has 1 amide bonds. The quantitative estimate of drug-likeness (QED) is 0.833. The van der Waals surface area contributed by atoms with Crippen molar-refractivity contribution in [2.45, 2.75) is 6.54 Å². The molecule has 8 heteroatoms. The summed E-state index contributed by atoms with van der Waals surface area (Å²) in [5.74, 6) is -1.28. The third-order valence-electron chi connectivity index (χ3n) is 1.84. The van der Waals surface area contributed by atoms with Gasteiger partial charge in [0.25, 0.3) is 5.91 Å². The highest BCUT2D eigenvalue weighted by molar-refractivity contribution is 7.11. The van der Waals surface area contributed by atoms with Crippen molar-refractivity contribution in [1.29, 1.82) is 0 Å². The number of carboxylic acid groups (broad SMARTS) is 1. The minimum absolute atomic E-state index is 0.240. The maximum atomic E-state index is 11.6. The number of thiazole rings is 1. The Labute approximate surface area is 99.7 Å². The van der Waals surface area contributed by atoms with Crippen LogP contribution in [0.15, 0.2) is 24.1 Å². The van der Waals surface area contributed by atoms with Crippen LogP contribution in [-0.4, -0.2) is 31.7 Å². The molecule has 0 aliphatic carbocycles. The molecule has 0 saturated heterocycles. The monoisotopic (exact) mass is 252 g/mol. The first-order valence-electron chi connectivity index (χ1n) is 4.59. The van der Waals surface area contributed by atoms with E-state index in [1.165, 1.54) is 34.6 Å². The Hall–Kier alpha value is -2.22. The predicted molar refractivity (Wildman–Crippen MR) is 59.9 cm³/mol. The van der Waals surface area contributed by atoms with Crippen molar-refractivity contribution in [1.82, 2.24) is 14.8 Å². The average molecular weight is 252 g/mol. The predicted octanol–water partition coefficient (Wildman–Crippen LogP) is 0.677. The van der Waals surface area contributed by atoms with Crippen LogP contribution in [0, 0.1) is 0 Å². The summed E-state index contributed by atoms with van der Waals surface area (Å²) in [5, 5.41) is 14.9. The minimum atomic E-state index is -0.992. The molecule has 0 aliphatic heterocycles. The smallest absolute Gasteiger partial charge is 0.325 e. The van der Waals surface area contributed by atoms with Gasteiger partial charge in [0.15, 0.2) is 0 Å². The molecule has 88 valence electrons. The summed E-state index contributed by atoms with van der Waals surface area (Å²) in [6, 6.07) is 0. The Kier molecular flexibility index (Phi) is 3.15. The number of nitrogens with one attached hydrogen (secondary N) is 1. The second-order valence-corrected chi connectivity index (χ2v) is 4.03. The zero-order chi connectivity index (χ0) is 12.3. The van der Waals surface area contributed by atoms with Gasteiger partial charge in [0, 0.05) is 6.20 Å². The van der Waals surface area contributed by atoms with Gasteiger partial charge in [-0.15, -0.1) is 11.3 Å². The number of rotatable bonds is 4. The number of aromatic nitrogens is 3. The summed E-state index contributed by atoms with van der Waals surface area (Å²) < 4.78 is 1.23. The molecule has 17 heavy (non-hydrogen) atoms. The van der Waals surface area contributed by atoms with Gasteiger partial charge < -0.3 is 10.4 Å². The Bertz CT molecular complexity index is 534. The van der Waals surface area contributed by atoms with Gasteiger partial charge in [0.05, 0.1) is 23.6 Å². The first-order chi connectivity index (χ1) is 8.15. The Morgan fingerprint density at radius 3 is 2.94 bits per heavy atom. The van der Waals surface area contributed by atoms with Gasteiger partial charge in [-0.25, -0.2) is 0 Å². The van der Waals surface area contributed by atoms with Crippen LogP contribution in [0.25, 0.3) is 0 Å². The molecule has 0 unspecified atom stereocenters. The van der Waals surface area contributed by atoms with Gasteiger partial charge >= 0.3 is 5.97 Å². The number of carboxylic acids is 1. The molecular weight excluding hydrogens is 244 g/mol. The summed E-state index contributed by atoms with van der Waals surface area (Å²) in [6.45, 7) is -0.240. The van der Waals surface area contributed by atoms with Crippen LogP contribution >= 0.6 is 11.3 Å². The average Bonchev–Trinajstić information content (AvgIpc) is 2.87. The normalized spacial score (nSPS) is 10.1. The van der Waals surface area contributed by atoms with E-state index in [2.05, 4.69) is 15.4 Å². The molecule has 0 aliphatic rings. The SMILES string of the molecule is O=C(O)Cn1cc(NC(=O)c2cncs2)cn1. The molecule has 0 saturated carbocycles. The van der Waals surface area contributed by atoms with E-state index in [9.17, 15) is 9.59 Å². The summed E-state index contributed by atoms with van der Waals surface area (Å²) in [4.78, 5) is 26.3. The van der Waals surface area contributed by atoms with Crippen LogP contribution in [0.4, 0.5) is 5.69 Å². The number of nitrogens with zero attached hydrogens (tertiary/aromatic N) is 3. The molecule has 7 nitrogen and oxygen atoms in total. The second-order valence-electron chi connectivity index (χ2n) is 3.14. The van der Waals surface area contributed by atoms with E-state index in [4.69, 9.17) is 5.11 Å². The Morgan fingerprint density at radius 2 is 2.29 bits per heavy atom. The Morgan fingerprint density at radius 1 is 1.47 bits per heavy atom. The van der Waals surface area contributed by atoms with Crippen molar-refractivity contribution in [3.05, 3.63) is 29.0 Å². The number of aliphatic carboxylic acids is 1. The van der Waals surface area contributed by atoms with Crippen molar-refractivity contribution in [3.63, 3.8) is 0 Å². The van der Waals surface area contributed by atoms with Crippen LogP contribution < -0.4 is 5.32 Å². The van der Waals surface area contributed by atoms with Gasteiger partial charge in [-0.2, -0.15) is 5.10 Å². The van der Waals surface area contributed by atoms with E-state index in [1.54, 1.807) is 5.51 Å². The van der Waals surface area contributed by atoms with Gasteiger partial charge in [0.1, 0.15) is 11.4 Å². The fraction of sp³-hybridized carbons (Fsp3) is 0.111. The lowest BCUT2D eigenvalue weighted by atomic mass is 10.4. The lowest BCUT2D eigenvalue weighted by Gasteiger charge is -1.98. The molecule has 0 spiro atoms. The summed E-state index contributed by atoms with van der Waals surface area (Å²) in [7, 11) is 0. The van der Waals surface area contributed by atoms with Crippen LogP contribution in [0.5, 0.6) is 0 Å². The highest BCUT2D eigenvalue weighted by atomic mass is 32.1. The minimum Gasteiger partial charge on any atom is -0.480 e. The molecule has 0 aromatic carbocycles. The molecule has 0 radical (unpaired) electrons. The topological polar surface area (TPSA) is 97.1 Å². The first kappa shape index (κ1) is 11.3. The van der Waals surface area contributed by atoms with Crippen LogP contribution in [0.3, 0.4) is 0 Å². The van der Waals surface area contributed by atoms with Crippen molar-refractivity contribution in [2.24, 2.45) is 0 Å². The number of carbonyl (C=O) groups excluding carboxylic acids is 1. The number of hydrogen-bond donors (Lipinski definition) is 2.